The molecule has 3 N–H and O–H groups in total. The van der Waals surface area contributed by atoms with Gasteiger partial charge in [0, 0.05) is 18.5 Å². The van der Waals surface area contributed by atoms with Crippen molar-refractivity contribution in [2.75, 3.05) is 64.6 Å². The van der Waals surface area contributed by atoms with Gasteiger partial charge in [-0.1, -0.05) is 18.2 Å². The number of phenolic OH excluding ortho intramolecular Hbond substituents is 1. The Balaban J connectivity index is 1.83. The first kappa shape index (κ1) is 19.9. The Morgan fingerprint density at radius 1 is 1.14 bits per heavy atom. The molecule has 150 valence electrons. The van der Waals surface area contributed by atoms with Crippen LogP contribution in [-0.2, 0) is 9.53 Å². The Labute approximate surface area is 164 Å². The van der Waals surface area contributed by atoms with Crippen LogP contribution in [0.5, 0.6) is 5.75 Å². The van der Waals surface area contributed by atoms with Crippen molar-refractivity contribution in [1.29, 1.82) is 0 Å². The number of nitrogens with one attached hydrogen (secondary N) is 2. The third kappa shape index (κ3) is 4.35. The van der Waals surface area contributed by atoms with Crippen molar-refractivity contribution in [1.82, 2.24) is 4.90 Å². The Morgan fingerprint density at radius 3 is 2.54 bits per heavy atom. The van der Waals surface area contributed by atoms with Crippen molar-refractivity contribution < 1.29 is 23.9 Å². The van der Waals surface area contributed by atoms with E-state index in [4.69, 9.17) is 0 Å². The topological polar surface area (TPSA) is 90.9 Å². The second-order valence-corrected chi connectivity index (χ2v) is 7.56. The van der Waals surface area contributed by atoms with Crippen molar-refractivity contribution in [3.8, 4) is 5.75 Å². The van der Waals surface area contributed by atoms with Gasteiger partial charge in [-0.25, -0.2) is 4.79 Å². The van der Waals surface area contributed by atoms with Gasteiger partial charge in [0.2, 0.25) is 0 Å². The van der Waals surface area contributed by atoms with E-state index in [0.29, 0.717) is 22.1 Å². The molecule has 0 atom stereocenters. The van der Waals surface area contributed by atoms with E-state index in [-0.39, 0.29) is 17.3 Å². The van der Waals surface area contributed by atoms with Crippen LogP contribution in [0.1, 0.15) is 0 Å². The quantitative estimate of drug-likeness (QED) is 0.552. The third-order valence-corrected chi connectivity index (χ3v) is 5.28. The predicted octanol–water partition coefficient (Wildman–Crippen LogP) is 2.05. The Hall–Kier alpha value is -2.84. The van der Waals surface area contributed by atoms with Crippen LogP contribution in [0, 0.1) is 0 Å². The van der Waals surface area contributed by atoms with Crippen LogP contribution in [0.3, 0.4) is 0 Å². The zero-order chi connectivity index (χ0) is 20.3. The van der Waals surface area contributed by atoms with Gasteiger partial charge in [-0.05, 0) is 24.6 Å². The molecule has 0 aromatic heterocycles. The summed E-state index contributed by atoms with van der Waals surface area (Å²) in [5, 5.41) is 17.3. The molecule has 2 amide bonds. The molecular weight excluding hydrogens is 360 g/mol. The Bertz CT molecular complexity index is 891. The van der Waals surface area contributed by atoms with E-state index in [1.807, 2.05) is 12.1 Å². The summed E-state index contributed by atoms with van der Waals surface area (Å²) in [5.41, 5.74) is 0.730. The fourth-order valence-electron chi connectivity index (χ4n) is 3.47. The average molecular weight is 387 g/mol. The second-order valence-electron chi connectivity index (χ2n) is 7.56. The molecule has 1 fully saturated rings. The third-order valence-electron chi connectivity index (χ3n) is 5.28. The number of carbonyl (C=O) groups is 2. The van der Waals surface area contributed by atoms with Gasteiger partial charge in [0.1, 0.15) is 5.75 Å². The Morgan fingerprint density at radius 2 is 1.86 bits per heavy atom. The minimum absolute atomic E-state index is 0.106. The van der Waals surface area contributed by atoms with Crippen LogP contribution in [0.2, 0.25) is 0 Å². The van der Waals surface area contributed by atoms with Gasteiger partial charge >= 0.3 is 6.09 Å². The van der Waals surface area contributed by atoms with Crippen LogP contribution in [0.25, 0.3) is 10.8 Å². The van der Waals surface area contributed by atoms with Gasteiger partial charge in [0.05, 0.1) is 38.6 Å². The molecular formula is C20H27N4O4+. The maximum absolute atomic E-state index is 12.7. The first-order valence-corrected chi connectivity index (χ1v) is 9.23. The number of ether oxygens (including phenoxy) is 1. The number of phenols is 1. The monoisotopic (exact) mass is 387 g/mol. The largest absolute Gasteiger partial charge is 0.505 e. The Kier molecular flexibility index (Phi) is 5.71. The number of aromatic hydroxyl groups is 1. The molecule has 0 spiro atoms. The molecule has 1 aliphatic rings. The zero-order valence-corrected chi connectivity index (χ0v) is 16.5. The van der Waals surface area contributed by atoms with Crippen molar-refractivity contribution in [3.63, 3.8) is 0 Å². The number of carbonyl (C=O) groups excluding carboxylic acids is 2. The van der Waals surface area contributed by atoms with E-state index in [1.54, 1.807) is 18.2 Å². The number of amides is 2. The molecule has 0 bridgehead atoms. The van der Waals surface area contributed by atoms with Gasteiger partial charge in [0.25, 0.3) is 5.91 Å². The van der Waals surface area contributed by atoms with E-state index < -0.39 is 6.09 Å². The highest BCUT2D eigenvalue weighted by atomic mass is 16.5. The van der Waals surface area contributed by atoms with Gasteiger partial charge in [-0.2, -0.15) is 0 Å². The fraction of sp³-hybridized carbons (Fsp3) is 0.400. The molecule has 8 heteroatoms. The predicted molar refractivity (Wildman–Crippen MR) is 109 cm³/mol. The van der Waals surface area contributed by atoms with Crippen LogP contribution >= 0.6 is 0 Å². The lowest BCUT2D eigenvalue weighted by molar-refractivity contribution is -0.905. The number of piperazine rings is 1. The molecule has 8 nitrogen and oxygen atoms in total. The SMILES string of the molecule is COC(=O)Nc1ccc2cccc(NC(=O)C[N+]3(C)CCN(C)CC3)c2c1O. The standard InChI is InChI=1S/C20H26N4O4/c1-23-9-11-24(2,12-10-23)13-17(25)21-15-6-4-5-14-7-8-16(19(26)18(14)15)22-20(27)28-3/h4-8H,9-13H2,1-3H3,(H2-,21,22,25,26,27)/p+1. The van der Waals surface area contributed by atoms with E-state index in [9.17, 15) is 14.7 Å². The molecule has 0 radical (unpaired) electrons. The smallest absolute Gasteiger partial charge is 0.411 e. The molecule has 28 heavy (non-hydrogen) atoms. The van der Waals surface area contributed by atoms with Crippen LogP contribution in [-0.4, -0.2) is 80.4 Å². The summed E-state index contributed by atoms with van der Waals surface area (Å²) in [6.07, 6.45) is -0.677. The lowest BCUT2D eigenvalue weighted by Crippen LogP contribution is -2.58. The number of benzene rings is 2. The molecule has 0 unspecified atom stereocenters. The molecule has 2 aromatic rings. The number of rotatable bonds is 4. The van der Waals surface area contributed by atoms with E-state index in [1.165, 1.54) is 7.11 Å². The molecule has 3 rings (SSSR count). The van der Waals surface area contributed by atoms with Gasteiger partial charge < -0.3 is 19.6 Å². The highest BCUT2D eigenvalue weighted by Gasteiger charge is 2.30. The highest BCUT2D eigenvalue weighted by molar-refractivity contribution is 6.08. The highest BCUT2D eigenvalue weighted by Crippen LogP contribution is 2.37. The molecule has 0 saturated carbocycles. The van der Waals surface area contributed by atoms with E-state index >= 15 is 0 Å². The first-order chi connectivity index (χ1) is 13.3. The van der Waals surface area contributed by atoms with Crippen LogP contribution in [0.15, 0.2) is 30.3 Å². The summed E-state index contributed by atoms with van der Waals surface area (Å²) in [6, 6.07) is 8.75. The van der Waals surface area contributed by atoms with E-state index in [2.05, 4.69) is 34.4 Å². The second kappa shape index (κ2) is 8.04. The molecule has 0 aliphatic carbocycles. The maximum atomic E-state index is 12.7. The normalized spacial score (nSPS) is 16.5. The number of quaternary nitrogens is 1. The van der Waals surface area contributed by atoms with Crippen molar-refractivity contribution in [3.05, 3.63) is 30.3 Å². The summed E-state index contributed by atoms with van der Waals surface area (Å²) < 4.78 is 5.27. The summed E-state index contributed by atoms with van der Waals surface area (Å²) in [4.78, 5) is 26.5. The number of methoxy groups -OCH3 is 1. The van der Waals surface area contributed by atoms with Crippen molar-refractivity contribution >= 4 is 34.1 Å². The maximum Gasteiger partial charge on any atom is 0.411 e. The van der Waals surface area contributed by atoms with Crippen LogP contribution < -0.4 is 10.6 Å². The number of nitrogens with zero attached hydrogens (tertiary/aromatic N) is 2. The summed E-state index contributed by atoms with van der Waals surface area (Å²) >= 11 is 0. The van der Waals surface area contributed by atoms with Gasteiger partial charge in [-0.3, -0.25) is 15.0 Å². The zero-order valence-electron chi connectivity index (χ0n) is 16.5. The van der Waals surface area contributed by atoms with Gasteiger partial charge in [-0.15, -0.1) is 0 Å². The number of hydrogen-bond donors (Lipinski definition) is 3. The number of hydrogen-bond acceptors (Lipinski definition) is 5. The minimum Gasteiger partial charge on any atom is -0.505 e. The fourth-order valence-corrected chi connectivity index (χ4v) is 3.47. The number of anilines is 2. The molecule has 1 aliphatic heterocycles. The number of fused-ring (bicyclic) bond motifs is 1. The van der Waals surface area contributed by atoms with Crippen LogP contribution in [0.4, 0.5) is 16.2 Å². The molecule has 2 aromatic carbocycles. The minimum atomic E-state index is -0.677. The lowest BCUT2D eigenvalue weighted by atomic mass is 10.1. The van der Waals surface area contributed by atoms with E-state index in [0.717, 1.165) is 31.6 Å². The summed E-state index contributed by atoms with van der Waals surface area (Å²) in [7, 11) is 5.43. The molecule has 1 saturated heterocycles. The van der Waals surface area contributed by atoms with Gasteiger partial charge in [0.15, 0.2) is 6.54 Å². The summed E-state index contributed by atoms with van der Waals surface area (Å²) in [5.74, 6) is -0.218. The van der Waals surface area contributed by atoms with Crippen molar-refractivity contribution in [2.45, 2.75) is 0 Å². The first-order valence-electron chi connectivity index (χ1n) is 9.23. The molecule has 1 heterocycles. The average Bonchev–Trinajstić information content (AvgIpc) is 2.66. The lowest BCUT2D eigenvalue weighted by Gasteiger charge is -2.40. The summed E-state index contributed by atoms with van der Waals surface area (Å²) in [6.45, 7) is 4.11. The van der Waals surface area contributed by atoms with Crippen molar-refractivity contribution in [2.24, 2.45) is 0 Å². The number of likely N-dealkylation sites (N-methyl/N-ethyl adjacent to an activating group) is 2.